The molecule has 2 heterocycles. The second kappa shape index (κ2) is 8.78. The van der Waals surface area contributed by atoms with Crippen LogP contribution in [0.5, 0.6) is 0 Å². The number of rotatable bonds is 5. The normalized spacial score (nSPS) is 14.6. The number of carbonyl (C=O) groups is 2. The molecule has 0 bridgehead atoms. The van der Waals surface area contributed by atoms with Gasteiger partial charge in [-0.3, -0.25) is 9.59 Å². The molecule has 0 N–H and O–H groups in total. The highest BCUT2D eigenvalue weighted by atomic mass is 16.3. The van der Waals surface area contributed by atoms with Gasteiger partial charge in [-0.15, -0.1) is 0 Å². The van der Waals surface area contributed by atoms with Crippen molar-refractivity contribution in [1.29, 1.82) is 0 Å². The first kappa shape index (κ1) is 19.0. The van der Waals surface area contributed by atoms with E-state index in [1.54, 1.807) is 11.0 Å². The standard InChI is InChI=1S/C24H24N2O3/c27-23(21-13-16-29-18-21)25-14-11-20(12-15-25)24(28)26(22-9-5-2-6-10-22)17-19-7-3-1-4-8-19/h1-10,13,16,18,20H,11-12,14-15,17H2. The van der Waals surface area contributed by atoms with Gasteiger partial charge in [-0.25, -0.2) is 0 Å². The van der Waals surface area contributed by atoms with Gasteiger partial charge in [0.2, 0.25) is 5.91 Å². The average Bonchev–Trinajstić information content (AvgIpc) is 3.33. The van der Waals surface area contributed by atoms with Crippen LogP contribution in [0.2, 0.25) is 0 Å². The molecule has 3 aromatic rings. The summed E-state index contributed by atoms with van der Waals surface area (Å²) < 4.78 is 5.01. The summed E-state index contributed by atoms with van der Waals surface area (Å²) in [6.07, 6.45) is 4.31. The Balaban J connectivity index is 1.46. The average molecular weight is 388 g/mol. The number of amides is 2. The maximum atomic E-state index is 13.4. The fraction of sp³-hybridized carbons (Fsp3) is 0.250. The van der Waals surface area contributed by atoms with Gasteiger partial charge >= 0.3 is 0 Å². The lowest BCUT2D eigenvalue weighted by molar-refractivity contribution is -0.123. The highest BCUT2D eigenvalue weighted by molar-refractivity contribution is 5.96. The van der Waals surface area contributed by atoms with Crippen LogP contribution in [0, 0.1) is 5.92 Å². The Bertz CT molecular complexity index is 931. The second-order valence-electron chi connectivity index (χ2n) is 7.32. The fourth-order valence-corrected chi connectivity index (χ4v) is 3.79. The molecule has 1 fully saturated rings. The Kier molecular flexibility index (Phi) is 5.75. The van der Waals surface area contributed by atoms with Crippen molar-refractivity contribution < 1.29 is 14.0 Å². The van der Waals surface area contributed by atoms with Gasteiger partial charge in [0.1, 0.15) is 6.26 Å². The van der Waals surface area contributed by atoms with Gasteiger partial charge in [-0.1, -0.05) is 48.5 Å². The van der Waals surface area contributed by atoms with Gasteiger partial charge in [0.25, 0.3) is 5.91 Å². The molecule has 4 rings (SSSR count). The SMILES string of the molecule is O=C(c1ccoc1)N1CCC(C(=O)N(Cc2ccccc2)c2ccccc2)CC1. The number of hydrogen-bond acceptors (Lipinski definition) is 3. The zero-order valence-electron chi connectivity index (χ0n) is 16.2. The molecular weight excluding hydrogens is 364 g/mol. The topological polar surface area (TPSA) is 53.8 Å². The van der Waals surface area contributed by atoms with Crippen molar-refractivity contribution in [2.24, 2.45) is 5.92 Å². The van der Waals surface area contributed by atoms with Gasteiger partial charge in [-0.2, -0.15) is 0 Å². The van der Waals surface area contributed by atoms with Gasteiger partial charge in [0.05, 0.1) is 18.4 Å². The Morgan fingerprint density at radius 2 is 1.59 bits per heavy atom. The summed E-state index contributed by atoms with van der Waals surface area (Å²) >= 11 is 0. The van der Waals surface area contributed by atoms with Crippen LogP contribution in [0.4, 0.5) is 5.69 Å². The molecule has 0 radical (unpaired) electrons. The van der Waals surface area contributed by atoms with Crippen molar-refractivity contribution in [2.45, 2.75) is 19.4 Å². The zero-order valence-corrected chi connectivity index (χ0v) is 16.2. The number of hydrogen-bond donors (Lipinski definition) is 0. The number of nitrogens with zero attached hydrogens (tertiary/aromatic N) is 2. The molecule has 1 aliphatic rings. The highest BCUT2D eigenvalue weighted by Gasteiger charge is 2.31. The van der Waals surface area contributed by atoms with E-state index in [0.717, 1.165) is 11.3 Å². The van der Waals surface area contributed by atoms with Crippen LogP contribution >= 0.6 is 0 Å². The first-order chi connectivity index (χ1) is 14.2. The summed E-state index contributed by atoms with van der Waals surface area (Å²) in [5.41, 5.74) is 2.56. The van der Waals surface area contributed by atoms with Crippen molar-refractivity contribution in [3.63, 3.8) is 0 Å². The number of para-hydroxylation sites is 1. The molecule has 148 valence electrons. The fourth-order valence-electron chi connectivity index (χ4n) is 3.79. The van der Waals surface area contributed by atoms with Gasteiger partial charge in [0.15, 0.2) is 0 Å². The molecule has 0 aliphatic carbocycles. The molecule has 0 atom stereocenters. The van der Waals surface area contributed by atoms with Crippen LogP contribution in [-0.4, -0.2) is 29.8 Å². The summed E-state index contributed by atoms with van der Waals surface area (Å²) in [5, 5.41) is 0. The summed E-state index contributed by atoms with van der Waals surface area (Å²) in [6, 6.07) is 21.5. The van der Waals surface area contributed by atoms with Crippen molar-refractivity contribution in [3.05, 3.63) is 90.4 Å². The molecule has 0 saturated carbocycles. The van der Waals surface area contributed by atoms with Crippen LogP contribution in [0.1, 0.15) is 28.8 Å². The summed E-state index contributed by atoms with van der Waals surface area (Å²) in [4.78, 5) is 29.6. The number of furan rings is 1. The quantitative estimate of drug-likeness (QED) is 0.652. The smallest absolute Gasteiger partial charge is 0.257 e. The molecule has 5 heteroatoms. The van der Waals surface area contributed by atoms with Crippen molar-refractivity contribution in [2.75, 3.05) is 18.0 Å². The predicted molar refractivity (Wildman–Crippen MR) is 111 cm³/mol. The molecular formula is C24H24N2O3. The molecule has 0 spiro atoms. The Labute approximate surface area is 170 Å². The number of likely N-dealkylation sites (tertiary alicyclic amines) is 1. The lowest BCUT2D eigenvalue weighted by Gasteiger charge is -2.34. The van der Waals surface area contributed by atoms with Crippen molar-refractivity contribution in [3.8, 4) is 0 Å². The van der Waals surface area contributed by atoms with Crippen LogP contribution < -0.4 is 4.90 Å². The van der Waals surface area contributed by atoms with Crippen LogP contribution in [0.3, 0.4) is 0 Å². The van der Waals surface area contributed by atoms with E-state index < -0.39 is 0 Å². The monoisotopic (exact) mass is 388 g/mol. The van der Waals surface area contributed by atoms with E-state index in [2.05, 4.69) is 0 Å². The van der Waals surface area contributed by atoms with E-state index in [0.29, 0.717) is 38.0 Å². The van der Waals surface area contributed by atoms with Gasteiger partial charge < -0.3 is 14.2 Å². The second-order valence-corrected chi connectivity index (χ2v) is 7.32. The van der Waals surface area contributed by atoms with Gasteiger partial charge in [0, 0.05) is 24.7 Å². The van der Waals surface area contributed by atoms with E-state index in [-0.39, 0.29) is 17.7 Å². The van der Waals surface area contributed by atoms with Crippen LogP contribution in [0.15, 0.2) is 83.7 Å². The lowest BCUT2D eigenvalue weighted by Crippen LogP contribution is -2.44. The molecule has 0 unspecified atom stereocenters. The third kappa shape index (κ3) is 4.40. The first-order valence-corrected chi connectivity index (χ1v) is 9.94. The molecule has 29 heavy (non-hydrogen) atoms. The van der Waals surface area contributed by atoms with Crippen molar-refractivity contribution in [1.82, 2.24) is 4.90 Å². The van der Waals surface area contributed by atoms with E-state index in [9.17, 15) is 9.59 Å². The number of anilines is 1. The van der Waals surface area contributed by atoms with Crippen LogP contribution in [-0.2, 0) is 11.3 Å². The van der Waals surface area contributed by atoms with E-state index >= 15 is 0 Å². The minimum Gasteiger partial charge on any atom is -0.472 e. The van der Waals surface area contributed by atoms with E-state index in [1.807, 2.05) is 65.6 Å². The molecule has 1 aliphatic heterocycles. The third-order valence-electron chi connectivity index (χ3n) is 5.42. The molecule has 5 nitrogen and oxygen atoms in total. The zero-order chi connectivity index (χ0) is 20.1. The predicted octanol–water partition coefficient (Wildman–Crippen LogP) is 4.37. The number of piperidine rings is 1. The summed E-state index contributed by atoms with van der Waals surface area (Å²) in [6.45, 7) is 1.70. The number of carbonyl (C=O) groups excluding carboxylic acids is 2. The largest absolute Gasteiger partial charge is 0.472 e. The first-order valence-electron chi connectivity index (χ1n) is 9.94. The molecule has 2 amide bonds. The summed E-state index contributed by atoms with van der Waals surface area (Å²) in [7, 11) is 0. The Hall–Kier alpha value is -3.34. The molecule has 2 aromatic carbocycles. The minimum atomic E-state index is -0.0904. The maximum Gasteiger partial charge on any atom is 0.257 e. The Morgan fingerprint density at radius 3 is 2.21 bits per heavy atom. The third-order valence-corrected chi connectivity index (χ3v) is 5.42. The molecule has 1 aromatic heterocycles. The lowest BCUT2D eigenvalue weighted by atomic mass is 9.94. The maximum absolute atomic E-state index is 13.4. The van der Waals surface area contributed by atoms with Crippen molar-refractivity contribution >= 4 is 17.5 Å². The van der Waals surface area contributed by atoms with E-state index in [1.165, 1.54) is 12.5 Å². The highest BCUT2D eigenvalue weighted by Crippen LogP contribution is 2.26. The van der Waals surface area contributed by atoms with Crippen LogP contribution in [0.25, 0.3) is 0 Å². The van der Waals surface area contributed by atoms with E-state index in [4.69, 9.17) is 4.42 Å². The minimum absolute atomic E-state index is 0.0335. The summed E-state index contributed by atoms with van der Waals surface area (Å²) in [5.74, 6) is -0.00312. The number of benzene rings is 2. The molecule has 1 saturated heterocycles. The van der Waals surface area contributed by atoms with Gasteiger partial charge in [-0.05, 0) is 36.6 Å². The Morgan fingerprint density at radius 1 is 0.931 bits per heavy atom.